The van der Waals surface area contributed by atoms with Gasteiger partial charge in [-0.25, -0.2) is 9.97 Å². The Labute approximate surface area is 95.6 Å². The molecule has 82 valence electrons. The fourth-order valence-corrected chi connectivity index (χ4v) is 1.38. The minimum Gasteiger partial charge on any atom is -0.255 e. The first kappa shape index (κ1) is 10.7. The van der Waals surface area contributed by atoms with Gasteiger partial charge in [0.15, 0.2) is 0 Å². The van der Waals surface area contributed by atoms with Crippen LogP contribution in [-0.2, 0) is 5.41 Å². The van der Waals surface area contributed by atoms with E-state index in [1.54, 1.807) is 12.4 Å². The second-order valence-electron chi connectivity index (χ2n) is 4.73. The fourth-order valence-electron chi connectivity index (χ4n) is 1.38. The number of hydrogen-bond acceptors (Lipinski definition) is 3. The summed E-state index contributed by atoms with van der Waals surface area (Å²) in [6, 6.07) is 7.70. The fraction of sp³-hybridized carbons (Fsp3) is 0.308. The Balaban J connectivity index is 2.45. The maximum absolute atomic E-state index is 4.54. The van der Waals surface area contributed by atoms with Gasteiger partial charge < -0.3 is 0 Å². The highest BCUT2D eigenvalue weighted by atomic mass is 14.9. The molecule has 0 aliphatic rings. The Morgan fingerprint density at radius 1 is 0.875 bits per heavy atom. The molecule has 0 radical (unpaired) electrons. The van der Waals surface area contributed by atoms with Crippen molar-refractivity contribution in [1.82, 2.24) is 15.0 Å². The molecule has 2 rings (SSSR count). The zero-order valence-electron chi connectivity index (χ0n) is 9.81. The van der Waals surface area contributed by atoms with E-state index in [1.165, 1.54) is 0 Å². The van der Waals surface area contributed by atoms with E-state index in [4.69, 9.17) is 0 Å². The molecule has 0 atom stereocenters. The molecule has 0 unspecified atom stereocenters. The van der Waals surface area contributed by atoms with E-state index in [2.05, 4.69) is 35.7 Å². The Kier molecular flexibility index (Phi) is 2.69. The van der Waals surface area contributed by atoms with Gasteiger partial charge in [-0.3, -0.25) is 4.98 Å². The van der Waals surface area contributed by atoms with Gasteiger partial charge in [0.1, 0.15) is 5.82 Å². The summed E-state index contributed by atoms with van der Waals surface area (Å²) >= 11 is 0. The molecule has 0 saturated carbocycles. The van der Waals surface area contributed by atoms with Crippen molar-refractivity contribution in [2.75, 3.05) is 0 Å². The molecule has 0 saturated heterocycles. The molecule has 0 aromatic carbocycles. The normalized spacial score (nSPS) is 11.4. The van der Waals surface area contributed by atoms with Crippen molar-refractivity contribution < 1.29 is 0 Å². The summed E-state index contributed by atoms with van der Waals surface area (Å²) in [5.41, 5.74) is 1.72. The highest BCUT2D eigenvalue weighted by Gasteiger charge is 2.17. The minimum atomic E-state index is -0.0369. The first-order valence-corrected chi connectivity index (χ1v) is 5.32. The summed E-state index contributed by atoms with van der Waals surface area (Å²) in [4.78, 5) is 13.1. The van der Waals surface area contributed by atoms with Crippen molar-refractivity contribution in [3.05, 3.63) is 42.5 Å². The average molecular weight is 213 g/mol. The average Bonchev–Trinajstić information content (AvgIpc) is 2.29. The molecule has 2 aromatic rings. The highest BCUT2D eigenvalue weighted by Crippen LogP contribution is 2.20. The van der Waals surface area contributed by atoms with E-state index in [1.807, 2.05) is 24.3 Å². The second kappa shape index (κ2) is 4.00. The Morgan fingerprint density at radius 2 is 1.69 bits per heavy atom. The van der Waals surface area contributed by atoms with Gasteiger partial charge in [0, 0.05) is 17.8 Å². The Bertz CT molecular complexity index is 472. The van der Waals surface area contributed by atoms with Crippen molar-refractivity contribution in [1.29, 1.82) is 0 Å². The zero-order valence-corrected chi connectivity index (χ0v) is 9.81. The summed E-state index contributed by atoms with van der Waals surface area (Å²) in [5, 5.41) is 0. The lowest BCUT2D eigenvalue weighted by molar-refractivity contribution is 0.546. The summed E-state index contributed by atoms with van der Waals surface area (Å²) in [6.07, 6.45) is 3.56. The van der Waals surface area contributed by atoms with Crippen LogP contribution in [0.5, 0.6) is 0 Å². The van der Waals surface area contributed by atoms with Gasteiger partial charge in [-0.05, 0) is 18.2 Å². The van der Waals surface area contributed by atoms with Crippen LogP contribution in [0.1, 0.15) is 26.6 Å². The van der Waals surface area contributed by atoms with Crippen molar-refractivity contribution in [3.63, 3.8) is 0 Å². The molecule has 0 amide bonds. The first-order chi connectivity index (χ1) is 7.57. The van der Waals surface area contributed by atoms with E-state index in [-0.39, 0.29) is 5.41 Å². The van der Waals surface area contributed by atoms with Crippen LogP contribution in [0.25, 0.3) is 11.4 Å². The largest absolute Gasteiger partial charge is 0.255 e. The van der Waals surface area contributed by atoms with E-state index < -0.39 is 0 Å². The zero-order chi connectivity index (χ0) is 11.6. The highest BCUT2D eigenvalue weighted by molar-refractivity contribution is 5.52. The number of rotatable bonds is 1. The molecular weight excluding hydrogens is 198 g/mol. The van der Waals surface area contributed by atoms with Crippen LogP contribution in [-0.4, -0.2) is 15.0 Å². The molecule has 2 aromatic heterocycles. The molecule has 3 nitrogen and oxygen atoms in total. The van der Waals surface area contributed by atoms with E-state index in [0.29, 0.717) is 0 Å². The number of pyridine rings is 1. The summed E-state index contributed by atoms with van der Waals surface area (Å²) in [7, 11) is 0. The minimum absolute atomic E-state index is 0.0369. The Morgan fingerprint density at radius 3 is 2.31 bits per heavy atom. The topological polar surface area (TPSA) is 38.7 Å². The third-order valence-corrected chi connectivity index (χ3v) is 2.25. The van der Waals surface area contributed by atoms with Gasteiger partial charge in [-0.2, -0.15) is 0 Å². The van der Waals surface area contributed by atoms with Crippen LogP contribution in [0.3, 0.4) is 0 Å². The van der Waals surface area contributed by atoms with Crippen LogP contribution >= 0.6 is 0 Å². The lowest BCUT2D eigenvalue weighted by Crippen LogP contribution is -2.16. The van der Waals surface area contributed by atoms with Gasteiger partial charge in [0.05, 0.1) is 11.4 Å². The van der Waals surface area contributed by atoms with E-state index >= 15 is 0 Å². The molecule has 0 fully saturated rings. The SMILES string of the molecule is CC(C)(C)c1nccc(-c2ccccn2)n1. The molecule has 0 aliphatic carbocycles. The van der Waals surface area contributed by atoms with Gasteiger partial charge in [-0.15, -0.1) is 0 Å². The summed E-state index contributed by atoms with van der Waals surface area (Å²) in [5.74, 6) is 0.843. The maximum atomic E-state index is 4.54. The van der Waals surface area contributed by atoms with Crippen LogP contribution in [0.2, 0.25) is 0 Å². The monoisotopic (exact) mass is 213 g/mol. The Hall–Kier alpha value is -1.77. The third-order valence-electron chi connectivity index (χ3n) is 2.25. The maximum Gasteiger partial charge on any atom is 0.134 e. The molecule has 0 bridgehead atoms. The standard InChI is InChI=1S/C13H15N3/c1-13(2,3)12-15-9-7-11(16-12)10-6-4-5-8-14-10/h4-9H,1-3H3. The first-order valence-electron chi connectivity index (χ1n) is 5.32. The van der Waals surface area contributed by atoms with Gasteiger partial charge in [-0.1, -0.05) is 26.8 Å². The van der Waals surface area contributed by atoms with E-state index in [0.717, 1.165) is 17.2 Å². The van der Waals surface area contributed by atoms with Crippen LogP contribution in [0, 0.1) is 0 Å². The predicted octanol–water partition coefficient (Wildman–Crippen LogP) is 2.84. The lowest BCUT2D eigenvalue weighted by Gasteiger charge is -2.16. The van der Waals surface area contributed by atoms with Gasteiger partial charge in [0.25, 0.3) is 0 Å². The van der Waals surface area contributed by atoms with Crippen LogP contribution in [0.4, 0.5) is 0 Å². The molecule has 16 heavy (non-hydrogen) atoms. The van der Waals surface area contributed by atoms with Crippen molar-refractivity contribution in [2.45, 2.75) is 26.2 Å². The van der Waals surface area contributed by atoms with Crippen LogP contribution in [0.15, 0.2) is 36.7 Å². The predicted molar refractivity (Wildman–Crippen MR) is 64.0 cm³/mol. The smallest absolute Gasteiger partial charge is 0.134 e. The number of aromatic nitrogens is 3. The van der Waals surface area contributed by atoms with Gasteiger partial charge in [0.2, 0.25) is 0 Å². The lowest BCUT2D eigenvalue weighted by atomic mass is 9.95. The van der Waals surface area contributed by atoms with E-state index in [9.17, 15) is 0 Å². The number of nitrogens with zero attached hydrogens (tertiary/aromatic N) is 3. The van der Waals surface area contributed by atoms with Crippen molar-refractivity contribution >= 4 is 0 Å². The summed E-state index contributed by atoms with van der Waals surface area (Å²) < 4.78 is 0. The van der Waals surface area contributed by atoms with Gasteiger partial charge >= 0.3 is 0 Å². The van der Waals surface area contributed by atoms with Crippen molar-refractivity contribution in [2.24, 2.45) is 0 Å². The molecular formula is C13H15N3. The molecule has 0 N–H and O–H groups in total. The number of hydrogen-bond donors (Lipinski definition) is 0. The molecule has 2 heterocycles. The third kappa shape index (κ3) is 2.24. The van der Waals surface area contributed by atoms with Crippen LogP contribution < -0.4 is 0 Å². The molecule has 0 aliphatic heterocycles. The quantitative estimate of drug-likeness (QED) is 0.731. The second-order valence-corrected chi connectivity index (χ2v) is 4.73. The summed E-state index contributed by atoms with van der Waals surface area (Å²) in [6.45, 7) is 6.31. The van der Waals surface area contributed by atoms with Crippen molar-refractivity contribution in [3.8, 4) is 11.4 Å². The molecule has 0 spiro atoms. The molecule has 3 heteroatoms.